The number of halogens is 2. The van der Waals surface area contributed by atoms with E-state index in [2.05, 4.69) is 21.2 Å². The molecule has 1 atom stereocenters. The SMILES string of the molecule is COc1ccc(Cl)cc1S(=O)(=O)N1CCC(C(=O)N[C@@H](C)c2ccc(Br)cc2)CC1. The molecule has 2 aromatic rings. The van der Waals surface area contributed by atoms with E-state index in [0.29, 0.717) is 17.9 Å². The van der Waals surface area contributed by atoms with Crippen LogP contribution in [0.15, 0.2) is 51.8 Å². The minimum absolute atomic E-state index is 0.0456. The number of nitrogens with zero attached hydrogens (tertiary/aromatic N) is 1. The molecular weight excluding hydrogens is 492 g/mol. The van der Waals surface area contributed by atoms with Gasteiger partial charge in [-0.2, -0.15) is 4.31 Å². The van der Waals surface area contributed by atoms with Crippen molar-refractivity contribution in [3.05, 3.63) is 57.5 Å². The van der Waals surface area contributed by atoms with Crippen molar-refractivity contribution in [2.45, 2.75) is 30.7 Å². The number of nitrogens with one attached hydrogen (secondary N) is 1. The van der Waals surface area contributed by atoms with E-state index in [-0.39, 0.29) is 41.6 Å². The standard InChI is InChI=1S/C21H24BrClN2O4S/c1-14(15-3-5-17(22)6-4-15)24-21(26)16-9-11-25(12-10-16)30(27,28)20-13-18(23)7-8-19(20)29-2/h3-8,13-14,16H,9-12H2,1-2H3,(H,24,26)/t14-/m0/s1. The molecule has 1 heterocycles. The van der Waals surface area contributed by atoms with Crippen molar-refractivity contribution in [2.75, 3.05) is 20.2 Å². The van der Waals surface area contributed by atoms with Gasteiger partial charge in [-0.1, -0.05) is 39.7 Å². The van der Waals surface area contributed by atoms with E-state index < -0.39 is 10.0 Å². The smallest absolute Gasteiger partial charge is 0.246 e. The first kappa shape index (κ1) is 23.1. The number of methoxy groups -OCH3 is 1. The van der Waals surface area contributed by atoms with Crippen LogP contribution < -0.4 is 10.1 Å². The van der Waals surface area contributed by atoms with Gasteiger partial charge in [-0.15, -0.1) is 0 Å². The Balaban J connectivity index is 1.63. The Hall–Kier alpha value is -1.61. The van der Waals surface area contributed by atoms with Crippen molar-refractivity contribution in [2.24, 2.45) is 5.92 Å². The number of amides is 1. The average molecular weight is 516 g/mol. The van der Waals surface area contributed by atoms with Gasteiger partial charge in [-0.3, -0.25) is 4.79 Å². The maximum Gasteiger partial charge on any atom is 0.246 e. The second-order valence-corrected chi connectivity index (χ2v) is 10.5. The van der Waals surface area contributed by atoms with Crippen molar-refractivity contribution in [3.63, 3.8) is 0 Å². The van der Waals surface area contributed by atoms with Gasteiger partial charge in [0.1, 0.15) is 10.6 Å². The average Bonchev–Trinajstić information content (AvgIpc) is 2.74. The molecule has 0 radical (unpaired) electrons. The number of hydrogen-bond donors (Lipinski definition) is 1. The molecule has 0 unspecified atom stereocenters. The van der Waals surface area contributed by atoms with Crippen molar-refractivity contribution < 1.29 is 17.9 Å². The summed E-state index contributed by atoms with van der Waals surface area (Å²) in [5.41, 5.74) is 1.01. The van der Waals surface area contributed by atoms with Crippen LogP contribution in [0.4, 0.5) is 0 Å². The lowest BCUT2D eigenvalue weighted by atomic mass is 9.96. The number of piperidine rings is 1. The molecule has 0 spiro atoms. The fraction of sp³-hybridized carbons (Fsp3) is 0.381. The number of carbonyl (C=O) groups excluding carboxylic acids is 1. The van der Waals surface area contributed by atoms with Crippen LogP contribution in [0.5, 0.6) is 5.75 Å². The molecule has 0 aliphatic carbocycles. The minimum Gasteiger partial charge on any atom is -0.495 e. The summed E-state index contributed by atoms with van der Waals surface area (Å²) in [5.74, 6) is -0.0269. The third-order valence-electron chi connectivity index (χ3n) is 5.30. The lowest BCUT2D eigenvalue weighted by Crippen LogP contribution is -2.43. The van der Waals surface area contributed by atoms with Gasteiger partial charge in [-0.25, -0.2) is 8.42 Å². The van der Waals surface area contributed by atoms with Crippen LogP contribution in [0.1, 0.15) is 31.4 Å². The first-order valence-corrected chi connectivity index (χ1v) is 12.2. The Bertz CT molecular complexity index is 1010. The van der Waals surface area contributed by atoms with Crippen molar-refractivity contribution >= 4 is 43.5 Å². The third kappa shape index (κ3) is 5.17. The first-order chi connectivity index (χ1) is 14.2. The zero-order chi connectivity index (χ0) is 21.9. The van der Waals surface area contributed by atoms with Gasteiger partial charge in [0.2, 0.25) is 15.9 Å². The van der Waals surface area contributed by atoms with E-state index in [1.165, 1.54) is 17.5 Å². The molecular formula is C21H24BrClN2O4S. The molecule has 9 heteroatoms. The number of carbonyl (C=O) groups is 1. The van der Waals surface area contributed by atoms with Gasteiger partial charge in [-0.05, 0) is 55.7 Å². The molecule has 1 N–H and O–H groups in total. The van der Waals surface area contributed by atoms with Gasteiger partial charge < -0.3 is 10.1 Å². The number of hydrogen-bond acceptors (Lipinski definition) is 4. The summed E-state index contributed by atoms with van der Waals surface area (Å²) >= 11 is 9.40. The van der Waals surface area contributed by atoms with Gasteiger partial charge in [0.05, 0.1) is 13.2 Å². The molecule has 162 valence electrons. The van der Waals surface area contributed by atoms with Gasteiger partial charge in [0.25, 0.3) is 0 Å². The van der Waals surface area contributed by atoms with Gasteiger partial charge in [0, 0.05) is 28.5 Å². The summed E-state index contributed by atoms with van der Waals surface area (Å²) in [7, 11) is -2.34. The monoisotopic (exact) mass is 514 g/mol. The zero-order valence-electron chi connectivity index (χ0n) is 16.8. The van der Waals surface area contributed by atoms with E-state index in [9.17, 15) is 13.2 Å². The first-order valence-electron chi connectivity index (χ1n) is 9.62. The molecule has 1 amide bonds. The molecule has 0 aromatic heterocycles. The van der Waals surface area contributed by atoms with Crippen LogP contribution in [0.25, 0.3) is 0 Å². The van der Waals surface area contributed by atoms with E-state index in [1.54, 1.807) is 12.1 Å². The fourth-order valence-corrected chi connectivity index (χ4v) is 5.67. The number of ether oxygens (including phenoxy) is 1. The van der Waals surface area contributed by atoms with E-state index in [1.807, 2.05) is 31.2 Å². The molecule has 1 saturated heterocycles. The normalized spacial score (nSPS) is 16.8. The Morgan fingerprint density at radius 3 is 2.43 bits per heavy atom. The molecule has 1 aliphatic rings. The van der Waals surface area contributed by atoms with Gasteiger partial charge in [0.15, 0.2) is 0 Å². The maximum atomic E-state index is 13.1. The van der Waals surface area contributed by atoms with Crippen LogP contribution >= 0.6 is 27.5 Å². The van der Waals surface area contributed by atoms with Crippen molar-refractivity contribution in [1.82, 2.24) is 9.62 Å². The Kier molecular flexibility index (Phi) is 7.44. The highest BCUT2D eigenvalue weighted by atomic mass is 79.9. The molecule has 0 bridgehead atoms. The predicted octanol–water partition coefficient (Wildman–Crippen LogP) is 4.39. The van der Waals surface area contributed by atoms with E-state index >= 15 is 0 Å². The number of rotatable bonds is 6. The van der Waals surface area contributed by atoms with Crippen molar-refractivity contribution in [1.29, 1.82) is 0 Å². The number of benzene rings is 2. The summed E-state index contributed by atoms with van der Waals surface area (Å²) in [4.78, 5) is 12.7. The second kappa shape index (κ2) is 9.68. The lowest BCUT2D eigenvalue weighted by molar-refractivity contribution is -0.126. The third-order valence-corrected chi connectivity index (χ3v) is 7.98. The van der Waals surface area contributed by atoms with Crippen molar-refractivity contribution in [3.8, 4) is 5.75 Å². The molecule has 1 fully saturated rings. The van der Waals surface area contributed by atoms with E-state index in [4.69, 9.17) is 16.3 Å². The highest BCUT2D eigenvalue weighted by Crippen LogP contribution is 2.32. The Morgan fingerprint density at radius 2 is 1.83 bits per heavy atom. The highest BCUT2D eigenvalue weighted by molar-refractivity contribution is 9.10. The molecule has 1 aliphatic heterocycles. The quantitative estimate of drug-likeness (QED) is 0.619. The fourth-order valence-electron chi connectivity index (χ4n) is 3.52. The topological polar surface area (TPSA) is 75.7 Å². The molecule has 0 saturated carbocycles. The Labute approximate surface area is 190 Å². The molecule has 6 nitrogen and oxygen atoms in total. The van der Waals surface area contributed by atoms with Crippen LogP contribution in [-0.2, 0) is 14.8 Å². The summed E-state index contributed by atoms with van der Waals surface area (Å²) in [5, 5.41) is 3.36. The minimum atomic E-state index is -3.76. The van der Waals surface area contributed by atoms with Gasteiger partial charge >= 0.3 is 0 Å². The lowest BCUT2D eigenvalue weighted by Gasteiger charge is -2.31. The zero-order valence-corrected chi connectivity index (χ0v) is 19.9. The van der Waals surface area contributed by atoms with Crippen LogP contribution in [0.2, 0.25) is 5.02 Å². The largest absolute Gasteiger partial charge is 0.495 e. The number of sulfonamides is 1. The molecule has 3 rings (SSSR count). The summed E-state index contributed by atoms with van der Waals surface area (Å²) < 4.78 is 33.7. The summed E-state index contributed by atoms with van der Waals surface area (Å²) in [6.07, 6.45) is 0.919. The van der Waals surface area contributed by atoms with E-state index in [0.717, 1.165) is 10.0 Å². The second-order valence-electron chi connectivity index (χ2n) is 7.26. The maximum absolute atomic E-state index is 13.1. The highest BCUT2D eigenvalue weighted by Gasteiger charge is 2.34. The molecule has 2 aromatic carbocycles. The Morgan fingerprint density at radius 1 is 1.20 bits per heavy atom. The molecule has 30 heavy (non-hydrogen) atoms. The van der Waals surface area contributed by atoms with Crippen LogP contribution in [-0.4, -0.2) is 38.8 Å². The van der Waals surface area contributed by atoms with Crippen LogP contribution in [0, 0.1) is 5.92 Å². The summed E-state index contributed by atoms with van der Waals surface area (Å²) in [6.45, 7) is 2.47. The predicted molar refractivity (Wildman–Crippen MR) is 120 cm³/mol. The summed E-state index contributed by atoms with van der Waals surface area (Å²) in [6, 6.07) is 12.2. The van der Waals surface area contributed by atoms with Crippen LogP contribution in [0.3, 0.4) is 0 Å².